The largest absolute Gasteiger partial charge is 0.487 e. The molecule has 0 spiro atoms. The molecule has 0 unspecified atom stereocenters. The number of fused-ring (bicyclic) bond motifs is 1. The Morgan fingerprint density at radius 2 is 1.90 bits per heavy atom. The summed E-state index contributed by atoms with van der Waals surface area (Å²) in [5.74, 6) is 0.331. The highest BCUT2D eigenvalue weighted by atomic mass is 35.5. The maximum absolute atomic E-state index is 14.8. The number of benzene rings is 2. The summed E-state index contributed by atoms with van der Waals surface area (Å²) in [5, 5.41) is 1.45. The van der Waals surface area contributed by atoms with Crippen LogP contribution in [-0.4, -0.2) is 35.0 Å². The molecule has 6 heteroatoms. The Morgan fingerprint density at radius 1 is 1.10 bits per heavy atom. The van der Waals surface area contributed by atoms with E-state index in [-0.39, 0.29) is 23.7 Å². The van der Waals surface area contributed by atoms with E-state index in [1.54, 1.807) is 12.3 Å². The Morgan fingerprint density at radius 3 is 2.63 bits per heavy atom. The van der Waals surface area contributed by atoms with Gasteiger partial charge in [-0.3, -0.25) is 9.78 Å². The molecule has 2 aromatic carbocycles. The number of rotatable bonds is 4. The summed E-state index contributed by atoms with van der Waals surface area (Å²) < 4.78 is 20.7. The third-order valence-electron chi connectivity index (χ3n) is 5.93. The molecule has 4 nitrogen and oxygen atoms in total. The van der Waals surface area contributed by atoms with Gasteiger partial charge in [0.05, 0.1) is 10.5 Å². The summed E-state index contributed by atoms with van der Waals surface area (Å²) in [4.78, 5) is 18.4. The molecule has 1 amide bonds. The van der Waals surface area contributed by atoms with Gasteiger partial charge in [-0.1, -0.05) is 35.9 Å². The lowest BCUT2D eigenvalue weighted by atomic mass is 10.0. The van der Waals surface area contributed by atoms with Crippen LogP contribution in [0.3, 0.4) is 0 Å². The number of piperidine rings is 1. The Labute approximate surface area is 179 Å². The zero-order valence-corrected chi connectivity index (χ0v) is 17.2. The van der Waals surface area contributed by atoms with E-state index in [2.05, 4.69) is 4.98 Å². The van der Waals surface area contributed by atoms with Crippen LogP contribution in [0.4, 0.5) is 4.39 Å². The topological polar surface area (TPSA) is 42.4 Å². The van der Waals surface area contributed by atoms with E-state index in [1.807, 2.05) is 35.2 Å². The molecule has 0 bridgehead atoms. The fraction of sp³-hybridized carbons (Fsp3) is 0.333. The van der Waals surface area contributed by atoms with Gasteiger partial charge in [-0.05, 0) is 36.6 Å². The molecule has 3 aromatic rings. The number of pyridine rings is 1. The zero-order valence-electron chi connectivity index (χ0n) is 16.5. The van der Waals surface area contributed by atoms with Crippen LogP contribution >= 0.6 is 11.6 Å². The zero-order chi connectivity index (χ0) is 20.7. The first-order valence-electron chi connectivity index (χ1n) is 10.4. The quantitative estimate of drug-likeness (QED) is 0.557. The number of halogens is 2. The van der Waals surface area contributed by atoms with Gasteiger partial charge < -0.3 is 9.64 Å². The van der Waals surface area contributed by atoms with E-state index >= 15 is 0 Å². The maximum Gasteiger partial charge on any atom is 0.225 e. The Hall–Kier alpha value is -2.66. The summed E-state index contributed by atoms with van der Waals surface area (Å²) in [6, 6.07) is 12.6. The summed E-state index contributed by atoms with van der Waals surface area (Å²) in [6.45, 7) is 1.36. The first-order valence-corrected chi connectivity index (χ1v) is 10.8. The van der Waals surface area contributed by atoms with Crippen LogP contribution in [0, 0.1) is 11.7 Å². The van der Waals surface area contributed by atoms with Gasteiger partial charge in [-0.2, -0.15) is 0 Å². The molecule has 1 saturated carbocycles. The molecule has 1 aliphatic carbocycles. The molecular formula is C24H22ClFN2O2. The SMILES string of the molecule is O=C(C1CC1)N1CCC(Oc2ccc(-c3ccc4cccnc4c3Cl)cc2F)CC1. The minimum atomic E-state index is -0.416. The monoisotopic (exact) mass is 424 g/mol. The number of carbonyl (C=O) groups is 1. The van der Waals surface area contributed by atoms with E-state index in [0.29, 0.717) is 29.2 Å². The lowest BCUT2D eigenvalue weighted by Gasteiger charge is -2.32. The molecule has 1 saturated heterocycles. The number of amides is 1. The molecule has 2 fully saturated rings. The van der Waals surface area contributed by atoms with E-state index in [0.717, 1.165) is 36.6 Å². The minimum Gasteiger partial charge on any atom is -0.487 e. The van der Waals surface area contributed by atoms with Gasteiger partial charge in [-0.25, -0.2) is 4.39 Å². The van der Waals surface area contributed by atoms with E-state index in [1.165, 1.54) is 6.07 Å². The second kappa shape index (κ2) is 7.88. The first-order chi connectivity index (χ1) is 14.6. The highest BCUT2D eigenvalue weighted by Gasteiger charge is 2.35. The molecule has 0 N–H and O–H groups in total. The van der Waals surface area contributed by atoms with Crippen molar-refractivity contribution < 1.29 is 13.9 Å². The van der Waals surface area contributed by atoms with Crippen molar-refractivity contribution in [2.24, 2.45) is 5.92 Å². The number of hydrogen-bond acceptors (Lipinski definition) is 3. The highest BCUT2D eigenvalue weighted by Crippen LogP contribution is 2.36. The number of nitrogens with zero attached hydrogens (tertiary/aromatic N) is 2. The number of aromatic nitrogens is 1. The van der Waals surface area contributed by atoms with Gasteiger partial charge in [-0.15, -0.1) is 0 Å². The predicted octanol–water partition coefficient (Wildman–Crippen LogP) is 5.47. The van der Waals surface area contributed by atoms with Crippen molar-refractivity contribution in [3.8, 4) is 16.9 Å². The van der Waals surface area contributed by atoms with Crippen LogP contribution in [0.5, 0.6) is 5.75 Å². The van der Waals surface area contributed by atoms with Crippen LogP contribution in [0.2, 0.25) is 5.02 Å². The maximum atomic E-state index is 14.8. The van der Waals surface area contributed by atoms with Crippen LogP contribution in [0.15, 0.2) is 48.7 Å². The fourth-order valence-corrected chi connectivity index (χ4v) is 4.39. The number of ether oxygens (including phenoxy) is 1. The van der Waals surface area contributed by atoms with Crippen molar-refractivity contribution in [3.63, 3.8) is 0 Å². The van der Waals surface area contributed by atoms with Crippen molar-refractivity contribution in [1.29, 1.82) is 0 Å². The van der Waals surface area contributed by atoms with Crippen molar-refractivity contribution in [1.82, 2.24) is 9.88 Å². The minimum absolute atomic E-state index is 0.0814. The van der Waals surface area contributed by atoms with Crippen molar-refractivity contribution in [2.45, 2.75) is 31.8 Å². The smallest absolute Gasteiger partial charge is 0.225 e. The van der Waals surface area contributed by atoms with Crippen molar-refractivity contribution in [3.05, 3.63) is 59.5 Å². The van der Waals surface area contributed by atoms with Gasteiger partial charge in [0.2, 0.25) is 5.91 Å². The van der Waals surface area contributed by atoms with Crippen LogP contribution in [0.1, 0.15) is 25.7 Å². The van der Waals surface area contributed by atoms with Gasteiger partial charge in [0.1, 0.15) is 6.10 Å². The fourth-order valence-electron chi connectivity index (χ4n) is 4.06. The summed E-state index contributed by atoms with van der Waals surface area (Å²) in [6.07, 6.45) is 5.10. The average molecular weight is 425 g/mol. The molecule has 0 radical (unpaired) electrons. The van der Waals surface area contributed by atoms with Crippen molar-refractivity contribution >= 4 is 28.4 Å². The molecule has 1 aromatic heterocycles. The molecule has 30 heavy (non-hydrogen) atoms. The third kappa shape index (κ3) is 3.74. The molecule has 2 heterocycles. The molecule has 2 aliphatic rings. The summed E-state index contributed by atoms with van der Waals surface area (Å²) in [7, 11) is 0. The number of carbonyl (C=O) groups excluding carboxylic acids is 1. The van der Waals surface area contributed by atoms with Gasteiger partial charge in [0.25, 0.3) is 0 Å². The van der Waals surface area contributed by atoms with E-state index < -0.39 is 5.82 Å². The van der Waals surface area contributed by atoms with Crippen LogP contribution in [-0.2, 0) is 4.79 Å². The molecule has 1 aliphatic heterocycles. The summed E-state index contributed by atoms with van der Waals surface area (Å²) >= 11 is 6.54. The first kappa shape index (κ1) is 19.3. The van der Waals surface area contributed by atoms with Gasteiger partial charge >= 0.3 is 0 Å². The average Bonchev–Trinajstić information content (AvgIpc) is 3.61. The van der Waals surface area contributed by atoms with Gasteiger partial charge in [0.15, 0.2) is 11.6 Å². The van der Waals surface area contributed by atoms with Crippen molar-refractivity contribution in [2.75, 3.05) is 13.1 Å². The molecule has 0 atom stereocenters. The lowest BCUT2D eigenvalue weighted by molar-refractivity contribution is -0.134. The van der Waals surface area contributed by atoms with Crippen LogP contribution in [0.25, 0.3) is 22.0 Å². The number of hydrogen-bond donors (Lipinski definition) is 0. The Bertz CT molecular complexity index is 1110. The predicted molar refractivity (Wildman–Crippen MR) is 115 cm³/mol. The normalized spacial score (nSPS) is 17.3. The molecule has 5 rings (SSSR count). The second-order valence-electron chi connectivity index (χ2n) is 8.06. The molecular weight excluding hydrogens is 403 g/mol. The Balaban J connectivity index is 1.30. The standard InChI is InChI=1S/C24H22ClFN2O2/c25-22-19(7-5-15-2-1-11-27-23(15)22)17-6-8-21(20(26)14-17)30-18-9-12-28(13-10-18)24(29)16-3-4-16/h1-2,5-8,11,14,16,18H,3-4,9-10,12-13H2. The lowest BCUT2D eigenvalue weighted by Crippen LogP contribution is -2.42. The van der Waals surface area contributed by atoms with Crippen LogP contribution < -0.4 is 4.74 Å². The Kier molecular flexibility index (Phi) is 5.07. The number of likely N-dealkylation sites (tertiary alicyclic amines) is 1. The third-order valence-corrected chi connectivity index (χ3v) is 6.31. The van der Waals surface area contributed by atoms with E-state index in [4.69, 9.17) is 16.3 Å². The van der Waals surface area contributed by atoms with E-state index in [9.17, 15) is 9.18 Å². The summed E-state index contributed by atoms with van der Waals surface area (Å²) in [5.41, 5.74) is 2.12. The highest BCUT2D eigenvalue weighted by molar-refractivity contribution is 6.37. The molecule has 154 valence electrons. The second-order valence-corrected chi connectivity index (χ2v) is 8.44. The van der Waals surface area contributed by atoms with Gasteiger partial charge in [0, 0.05) is 49.0 Å².